The summed E-state index contributed by atoms with van der Waals surface area (Å²) in [5.74, 6) is 0. The molecule has 158 valence electrons. The highest BCUT2D eigenvalue weighted by molar-refractivity contribution is 6.62. The van der Waals surface area contributed by atoms with E-state index in [4.69, 9.17) is 14.0 Å². The summed E-state index contributed by atoms with van der Waals surface area (Å²) in [6, 6.07) is 5.84. The number of rotatable bonds is 3. The Labute approximate surface area is 166 Å². The first-order chi connectivity index (χ1) is 13.0. The van der Waals surface area contributed by atoms with Gasteiger partial charge in [0.05, 0.1) is 24.4 Å². The van der Waals surface area contributed by atoms with E-state index in [2.05, 4.69) is 0 Å². The molecule has 1 unspecified atom stereocenters. The van der Waals surface area contributed by atoms with E-state index in [-0.39, 0.29) is 19.7 Å². The molecule has 2 aliphatic rings. The third-order valence-corrected chi connectivity index (χ3v) is 5.51. The molecule has 4 nitrogen and oxygen atoms in total. The van der Waals surface area contributed by atoms with Crippen LogP contribution in [0.3, 0.4) is 0 Å². The van der Waals surface area contributed by atoms with E-state index in [1.54, 1.807) is 0 Å². The second-order valence-electron chi connectivity index (χ2n) is 7.93. The lowest BCUT2D eigenvalue weighted by molar-refractivity contribution is -0.213. The Bertz CT molecular complexity index is 619. The van der Waals surface area contributed by atoms with Crippen molar-refractivity contribution in [3.05, 3.63) is 29.8 Å². The van der Waals surface area contributed by atoms with Gasteiger partial charge in [-0.1, -0.05) is 38.1 Å². The summed E-state index contributed by atoms with van der Waals surface area (Å²) in [5.41, 5.74) is 0.830. The smallest absolute Gasteiger partial charge is 0.399 e. The molecule has 0 radical (unpaired) electrons. The molecular weight excluding hydrogens is 370 g/mol. The molecule has 1 atom stereocenters. The van der Waals surface area contributed by atoms with Crippen molar-refractivity contribution in [2.24, 2.45) is 0 Å². The number of nitrogens with zero attached hydrogens (tertiary/aromatic N) is 1. The van der Waals surface area contributed by atoms with Crippen molar-refractivity contribution in [3.63, 3.8) is 0 Å². The zero-order valence-corrected chi connectivity index (χ0v) is 17.6. The summed E-state index contributed by atoms with van der Waals surface area (Å²) in [6.45, 7) is 12.4. The third-order valence-electron chi connectivity index (χ3n) is 5.51. The number of hydrogen-bond acceptors (Lipinski definition) is 4. The minimum Gasteiger partial charge on any atom is -0.399 e. The maximum Gasteiger partial charge on any atom is 0.494 e. The largest absolute Gasteiger partial charge is 0.494 e. The molecule has 2 fully saturated rings. The van der Waals surface area contributed by atoms with E-state index in [0.29, 0.717) is 6.61 Å². The van der Waals surface area contributed by atoms with Gasteiger partial charge in [-0.15, -0.1) is 0 Å². The highest BCUT2D eigenvalue weighted by Crippen LogP contribution is 2.36. The molecule has 2 aliphatic heterocycles. The van der Waals surface area contributed by atoms with Crippen LogP contribution in [-0.4, -0.2) is 55.2 Å². The van der Waals surface area contributed by atoms with Gasteiger partial charge in [0.25, 0.3) is 0 Å². The van der Waals surface area contributed by atoms with Crippen LogP contribution in [-0.2, 0) is 20.6 Å². The van der Waals surface area contributed by atoms with Crippen molar-refractivity contribution in [3.8, 4) is 0 Å². The lowest BCUT2D eigenvalue weighted by Gasteiger charge is -2.36. The monoisotopic (exact) mass is 401 g/mol. The summed E-state index contributed by atoms with van der Waals surface area (Å²) in [4.78, 5) is 1.42. The van der Waals surface area contributed by atoms with E-state index in [1.807, 2.05) is 65.8 Å². The minimum atomic E-state index is -4.29. The Kier molecular flexibility index (Phi) is 7.24. The minimum absolute atomic E-state index is 0.233. The van der Waals surface area contributed by atoms with Crippen molar-refractivity contribution in [1.82, 2.24) is 4.90 Å². The van der Waals surface area contributed by atoms with Gasteiger partial charge < -0.3 is 14.0 Å². The number of benzene rings is 1. The first kappa shape index (κ1) is 23.2. The van der Waals surface area contributed by atoms with Crippen LogP contribution in [0.15, 0.2) is 24.3 Å². The summed E-state index contributed by atoms with van der Waals surface area (Å²) < 4.78 is 56.5. The molecule has 8 heteroatoms. The highest BCUT2D eigenvalue weighted by atomic mass is 19.4. The molecule has 0 bridgehead atoms. The molecule has 0 saturated carbocycles. The predicted molar refractivity (Wildman–Crippen MR) is 105 cm³/mol. The van der Waals surface area contributed by atoms with Crippen molar-refractivity contribution in [2.45, 2.75) is 71.5 Å². The van der Waals surface area contributed by atoms with Gasteiger partial charge in [0.2, 0.25) is 0 Å². The van der Waals surface area contributed by atoms with Gasteiger partial charge >= 0.3 is 13.3 Å². The van der Waals surface area contributed by atoms with E-state index in [1.165, 1.54) is 4.90 Å². The molecule has 2 heterocycles. The molecule has 0 aliphatic carbocycles. The summed E-state index contributed by atoms with van der Waals surface area (Å²) in [6.07, 6.45) is -4.29. The molecule has 28 heavy (non-hydrogen) atoms. The fourth-order valence-electron chi connectivity index (χ4n) is 3.12. The topological polar surface area (TPSA) is 30.9 Å². The molecule has 3 rings (SSSR count). The molecule has 0 spiro atoms. The Morgan fingerprint density at radius 3 is 2.07 bits per heavy atom. The lowest BCUT2D eigenvalue weighted by Crippen LogP contribution is -2.52. The highest BCUT2D eigenvalue weighted by Gasteiger charge is 2.51. The van der Waals surface area contributed by atoms with Crippen LogP contribution >= 0.6 is 0 Å². The Balaban J connectivity index is 0.00000136. The van der Waals surface area contributed by atoms with Gasteiger partial charge in [-0.25, -0.2) is 0 Å². The molecule has 0 aromatic heterocycles. The zero-order valence-electron chi connectivity index (χ0n) is 17.6. The van der Waals surface area contributed by atoms with Crippen LogP contribution in [0.25, 0.3) is 0 Å². The first-order valence-electron chi connectivity index (χ1n) is 9.83. The Hall–Kier alpha value is -1.09. The first-order valence-corrected chi connectivity index (χ1v) is 9.83. The zero-order chi connectivity index (χ0) is 21.2. The number of alkyl halides is 3. The maximum atomic E-state index is 13.2. The summed E-state index contributed by atoms with van der Waals surface area (Å²) in [7, 11) is -0.472. The quantitative estimate of drug-likeness (QED) is 0.722. The van der Waals surface area contributed by atoms with Gasteiger partial charge in [0.15, 0.2) is 0 Å². The fraction of sp³-hybridized carbons (Fsp3) is 0.700. The third kappa shape index (κ3) is 5.09. The molecule has 2 saturated heterocycles. The number of ether oxygens (including phenoxy) is 1. The van der Waals surface area contributed by atoms with Crippen molar-refractivity contribution < 1.29 is 27.2 Å². The fourth-order valence-corrected chi connectivity index (χ4v) is 3.12. The van der Waals surface area contributed by atoms with Crippen LogP contribution in [0.1, 0.15) is 47.1 Å². The Morgan fingerprint density at radius 2 is 1.57 bits per heavy atom. The second kappa shape index (κ2) is 8.73. The van der Waals surface area contributed by atoms with Crippen molar-refractivity contribution >= 4 is 12.6 Å². The number of hydrogen-bond donors (Lipinski definition) is 0. The average molecular weight is 401 g/mol. The van der Waals surface area contributed by atoms with Gasteiger partial charge in [-0.3, -0.25) is 4.90 Å². The van der Waals surface area contributed by atoms with Crippen LogP contribution < -0.4 is 5.46 Å². The molecule has 1 aromatic carbocycles. The SMILES string of the molecule is CC.CC1(C)OB(c2ccc(CN3CCOCC3C(F)(F)F)cc2)OC1(C)C. The molecule has 0 N–H and O–H groups in total. The van der Waals surface area contributed by atoms with E-state index in [9.17, 15) is 13.2 Å². The van der Waals surface area contributed by atoms with Crippen molar-refractivity contribution in [2.75, 3.05) is 19.8 Å². The summed E-state index contributed by atoms with van der Waals surface area (Å²) >= 11 is 0. The maximum absolute atomic E-state index is 13.2. The number of halogens is 3. The predicted octanol–water partition coefficient (Wildman–Crippen LogP) is 3.78. The van der Waals surface area contributed by atoms with Gasteiger partial charge in [-0.05, 0) is 38.7 Å². The van der Waals surface area contributed by atoms with Crippen LogP contribution in [0, 0.1) is 0 Å². The van der Waals surface area contributed by atoms with E-state index < -0.39 is 30.5 Å². The van der Waals surface area contributed by atoms with Crippen LogP contribution in [0.5, 0.6) is 0 Å². The van der Waals surface area contributed by atoms with Gasteiger partial charge in [0.1, 0.15) is 6.04 Å². The normalized spacial score (nSPS) is 24.6. The van der Waals surface area contributed by atoms with Gasteiger partial charge in [-0.2, -0.15) is 13.2 Å². The average Bonchev–Trinajstić information content (AvgIpc) is 2.84. The van der Waals surface area contributed by atoms with Crippen LogP contribution in [0.2, 0.25) is 0 Å². The van der Waals surface area contributed by atoms with Gasteiger partial charge in [0, 0.05) is 13.1 Å². The van der Waals surface area contributed by atoms with E-state index >= 15 is 0 Å². The molecular formula is C20H31BF3NO3. The molecule has 0 amide bonds. The molecule has 1 aromatic rings. The lowest BCUT2D eigenvalue weighted by atomic mass is 9.79. The standard InChI is InChI=1S/C18H25BF3NO3.C2H6/c1-16(2)17(3,4)26-19(25-16)14-7-5-13(6-8-14)11-23-9-10-24-12-15(23)18(20,21)22;1-2/h5-8,15H,9-12H2,1-4H3;1-2H3. The number of morpholine rings is 1. The van der Waals surface area contributed by atoms with E-state index in [0.717, 1.165) is 11.0 Å². The van der Waals surface area contributed by atoms with Crippen LogP contribution in [0.4, 0.5) is 13.2 Å². The summed E-state index contributed by atoms with van der Waals surface area (Å²) in [5, 5.41) is 0. The Morgan fingerprint density at radius 1 is 1.04 bits per heavy atom. The second-order valence-corrected chi connectivity index (χ2v) is 7.93. The van der Waals surface area contributed by atoms with Crippen molar-refractivity contribution in [1.29, 1.82) is 0 Å².